The summed E-state index contributed by atoms with van der Waals surface area (Å²) >= 11 is 5.29. The van der Waals surface area contributed by atoms with Crippen LogP contribution in [0.1, 0.15) is 18.1 Å². The lowest BCUT2D eigenvalue weighted by atomic mass is 10.1. The highest BCUT2D eigenvalue weighted by Gasteiger charge is 2.05. The van der Waals surface area contributed by atoms with E-state index in [-0.39, 0.29) is 0 Å². The van der Waals surface area contributed by atoms with Crippen molar-refractivity contribution in [2.45, 2.75) is 13.5 Å². The lowest BCUT2D eigenvalue weighted by molar-refractivity contribution is 0.417. The molecular formula is C24H26N4OS. The molecule has 0 bridgehead atoms. The van der Waals surface area contributed by atoms with Gasteiger partial charge in [0.1, 0.15) is 5.75 Å². The van der Waals surface area contributed by atoms with Crippen LogP contribution in [0.15, 0.2) is 84.0 Å². The normalized spacial score (nSPS) is 10.6. The maximum Gasteiger partial charge on any atom is 0.191 e. The summed E-state index contributed by atoms with van der Waals surface area (Å²) in [4.78, 5) is 2.33. The van der Waals surface area contributed by atoms with Gasteiger partial charge in [-0.1, -0.05) is 54.6 Å². The Hall–Kier alpha value is -3.38. The molecule has 0 atom stereocenters. The van der Waals surface area contributed by atoms with Crippen molar-refractivity contribution in [2.75, 3.05) is 23.9 Å². The third-order valence-corrected chi connectivity index (χ3v) is 4.78. The number of anilines is 2. The van der Waals surface area contributed by atoms with E-state index in [1.807, 2.05) is 42.5 Å². The number of benzene rings is 3. The first-order chi connectivity index (χ1) is 14.7. The zero-order chi connectivity index (χ0) is 21.2. The SMILES string of the molecule is CCN(Cc1ccccc1)c1ccc(/C=N\NC(=S)Nc2ccccc2OC)cc1. The summed E-state index contributed by atoms with van der Waals surface area (Å²) in [5.74, 6) is 0.720. The third kappa shape index (κ3) is 6.06. The number of nitrogens with one attached hydrogen (secondary N) is 2. The van der Waals surface area contributed by atoms with Crippen LogP contribution >= 0.6 is 12.2 Å². The quantitative estimate of drug-likeness (QED) is 0.305. The highest BCUT2D eigenvalue weighted by Crippen LogP contribution is 2.22. The van der Waals surface area contributed by atoms with Crippen LogP contribution in [-0.4, -0.2) is 25.0 Å². The average molecular weight is 419 g/mol. The predicted octanol–water partition coefficient (Wildman–Crippen LogP) is 5.04. The summed E-state index contributed by atoms with van der Waals surface area (Å²) in [5.41, 5.74) is 7.09. The van der Waals surface area contributed by atoms with Gasteiger partial charge in [-0.15, -0.1) is 0 Å². The second-order valence-corrected chi connectivity index (χ2v) is 7.02. The first-order valence-electron chi connectivity index (χ1n) is 9.81. The van der Waals surface area contributed by atoms with Gasteiger partial charge in [0.05, 0.1) is 19.0 Å². The Morgan fingerprint density at radius 3 is 2.40 bits per heavy atom. The second-order valence-electron chi connectivity index (χ2n) is 6.62. The van der Waals surface area contributed by atoms with E-state index < -0.39 is 0 Å². The highest BCUT2D eigenvalue weighted by atomic mass is 32.1. The summed E-state index contributed by atoms with van der Waals surface area (Å²) < 4.78 is 5.30. The molecule has 0 aliphatic heterocycles. The van der Waals surface area contributed by atoms with Crippen LogP contribution in [0.25, 0.3) is 0 Å². The van der Waals surface area contributed by atoms with E-state index >= 15 is 0 Å². The molecule has 154 valence electrons. The Bertz CT molecular complexity index is 974. The molecule has 3 aromatic rings. The van der Waals surface area contributed by atoms with Crippen molar-refractivity contribution in [3.05, 3.63) is 90.0 Å². The van der Waals surface area contributed by atoms with E-state index in [0.29, 0.717) is 5.11 Å². The van der Waals surface area contributed by atoms with Crippen LogP contribution in [0, 0.1) is 0 Å². The molecule has 0 aliphatic rings. The van der Waals surface area contributed by atoms with Gasteiger partial charge in [0.15, 0.2) is 5.11 Å². The molecule has 6 heteroatoms. The molecule has 0 aliphatic carbocycles. The molecule has 0 spiro atoms. The van der Waals surface area contributed by atoms with Gasteiger partial charge in [0, 0.05) is 18.8 Å². The fourth-order valence-corrected chi connectivity index (χ4v) is 3.19. The predicted molar refractivity (Wildman–Crippen MR) is 130 cm³/mol. The molecule has 3 aromatic carbocycles. The van der Waals surface area contributed by atoms with Crippen molar-refractivity contribution in [1.82, 2.24) is 5.43 Å². The number of nitrogens with zero attached hydrogens (tertiary/aromatic N) is 2. The number of methoxy groups -OCH3 is 1. The van der Waals surface area contributed by atoms with E-state index in [0.717, 1.165) is 30.1 Å². The lowest BCUT2D eigenvalue weighted by Gasteiger charge is -2.23. The first-order valence-corrected chi connectivity index (χ1v) is 10.2. The summed E-state index contributed by atoms with van der Waals surface area (Å²) in [6.07, 6.45) is 1.74. The van der Waals surface area contributed by atoms with Gasteiger partial charge in [-0.3, -0.25) is 5.43 Å². The minimum atomic E-state index is 0.396. The maximum atomic E-state index is 5.30. The summed E-state index contributed by atoms with van der Waals surface area (Å²) in [5, 5.41) is 7.70. The fraction of sp³-hybridized carbons (Fsp3) is 0.167. The van der Waals surface area contributed by atoms with Crippen LogP contribution in [0.3, 0.4) is 0 Å². The van der Waals surface area contributed by atoms with Crippen LogP contribution in [0.2, 0.25) is 0 Å². The van der Waals surface area contributed by atoms with Gasteiger partial charge in [-0.2, -0.15) is 5.10 Å². The Balaban J connectivity index is 1.55. The fourth-order valence-electron chi connectivity index (χ4n) is 3.02. The molecule has 5 nitrogen and oxygen atoms in total. The molecule has 0 saturated carbocycles. The minimum absolute atomic E-state index is 0.396. The van der Waals surface area contributed by atoms with Crippen LogP contribution in [0.5, 0.6) is 5.75 Å². The zero-order valence-electron chi connectivity index (χ0n) is 17.2. The second kappa shape index (κ2) is 11.0. The van der Waals surface area contributed by atoms with Gasteiger partial charge >= 0.3 is 0 Å². The minimum Gasteiger partial charge on any atom is -0.495 e. The van der Waals surface area contributed by atoms with E-state index in [9.17, 15) is 0 Å². The van der Waals surface area contributed by atoms with Gasteiger partial charge in [-0.25, -0.2) is 0 Å². The standard InChI is InChI=1S/C24H26N4OS/c1-3-28(18-20-9-5-4-6-10-20)21-15-13-19(14-16-21)17-25-27-24(30)26-22-11-7-8-12-23(22)29-2/h4-17H,3,18H2,1-2H3,(H2,26,27,30)/b25-17-. The molecule has 0 heterocycles. The molecule has 2 N–H and O–H groups in total. The Labute approximate surface area is 183 Å². The monoisotopic (exact) mass is 418 g/mol. The highest BCUT2D eigenvalue weighted by molar-refractivity contribution is 7.80. The van der Waals surface area contributed by atoms with E-state index in [2.05, 4.69) is 64.1 Å². The van der Waals surface area contributed by atoms with E-state index in [1.54, 1.807) is 13.3 Å². The Kier molecular flexibility index (Phi) is 7.80. The van der Waals surface area contributed by atoms with Crippen molar-refractivity contribution in [2.24, 2.45) is 5.10 Å². The van der Waals surface area contributed by atoms with Crippen molar-refractivity contribution < 1.29 is 4.74 Å². The molecule has 30 heavy (non-hydrogen) atoms. The van der Waals surface area contributed by atoms with Crippen molar-refractivity contribution in [3.63, 3.8) is 0 Å². The molecule has 0 fully saturated rings. The maximum absolute atomic E-state index is 5.30. The Morgan fingerprint density at radius 1 is 1.00 bits per heavy atom. The summed E-state index contributed by atoms with van der Waals surface area (Å²) in [6.45, 7) is 3.99. The van der Waals surface area contributed by atoms with Crippen molar-refractivity contribution in [1.29, 1.82) is 0 Å². The average Bonchev–Trinajstić information content (AvgIpc) is 2.79. The summed E-state index contributed by atoms with van der Waals surface area (Å²) in [7, 11) is 1.62. The number of hydrogen-bond acceptors (Lipinski definition) is 4. The molecule has 0 amide bonds. The number of thiocarbonyl (C=S) groups is 1. The number of rotatable bonds is 8. The third-order valence-electron chi connectivity index (χ3n) is 4.59. The van der Waals surface area contributed by atoms with Gasteiger partial charge in [-0.05, 0) is 54.5 Å². The number of ether oxygens (including phenoxy) is 1. The molecule has 0 radical (unpaired) electrons. The van der Waals surface area contributed by atoms with Gasteiger partial charge < -0.3 is 15.0 Å². The van der Waals surface area contributed by atoms with E-state index in [4.69, 9.17) is 17.0 Å². The topological polar surface area (TPSA) is 48.9 Å². The largest absolute Gasteiger partial charge is 0.495 e. The molecule has 0 saturated heterocycles. The Morgan fingerprint density at radius 2 is 1.70 bits per heavy atom. The zero-order valence-corrected chi connectivity index (χ0v) is 18.0. The number of hydrazone groups is 1. The van der Waals surface area contributed by atoms with Crippen LogP contribution < -0.4 is 20.4 Å². The lowest BCUT2D eigenvalue weighted by Crippen LogP contribution is -2.24. The molecule has 3 rings (SSSR count). The number of hydrogen-bond donors (Lipinski definition) is 2. The molecule has 0 unspecified atom stereocenters. The molecule has 0 aromatic heterocycles. The van der Waals surface area contributed by atoms with E-state index in [1.165, 1.54) is 11.3 Å². The smallest absolute Gasteiger partial charge is 0.191 e. The van der Waals surface area contributed by atoms with Crippen molar-refractivity contribution in [3.8, 4) is 5.75 Å². The summed E-state index contributed by atoms with van der Waals surface area (Å²) in [6, 6.07) is 26.4. The first kappa shape index (κ1) is 21.3. The number of para-hydroxylation sites is 2. The van der Waals surface area contributed by atoms with Crippen molar-refractivity contribution >= 4 is 34.9 Å². The molecular weight excluding hydrogens is 392 g/mol. The van der Waals surface area contributed by atoms with Gasteiger partial charge in [0.2, 0.25) is 0 Å². The van der Waals surface area contributed by atoms with Crippen LogP contribution in [-0.2, 0) is 6.54 Å². The van der Waals surface area contributed by atoms with Crippen LogP contribution in [0.4, 0.5) is 11.4 Å². The van der Waals surface area contributed by atoms with Gasteiger partial charge in [0.25, 0.3) is 0 Å².